The van der Waals surface area contributed by atoms with Crippen LogP contribution in [-0.2, 0) is 19.4 Å². The van der Waals surface area contributed by atoms with Gasteiger partial charge >= 0.3 is 0 Å². The Kier molecular flexibility index (Phi) is 2.93. The minimum absolute atomic E-state index is 1.00. The minimum Gasteiger partial charge on any atom is -0.249 e. The molecule has 3 nitrogen and oxygen atoms in total. The van der Waals surface area contributed by atoms with E-state index in [1.54, 1.807) is 0 Å². The maximum atomic E-state index is 4.39. The van der Waals surface area contributed by atoms with E-state index in [-0.39, 0.29) is 0 Å². The highest BCUT2D eigenvalue weighted by Gasteiger charge is 2.48. The van der Waals surface area contributed by atoms with Crippen LogP contribution in [0.5, 0.6) is 0 Å². The molecule has 0 spiro atoms. The fourth-order valence-electron chi connectivity index (χ4n) is 3.82. The van der Waals surface area contributed by atoms with Crippen LogP contribution in [0.1, 0.15) is 50.9 Å². The van der Waals surface area contributed by atoms with Gasteiger partial charge in [-0.15, -0.1) is 5.10 Å². The molecule has 94 valence electrons. The Morgan fingerprint density at radius 1 is 1.18 bits per heavy atom. The normalized spacial score (nSPS) is 31.3. The van der Waals surface area contributed by atoms with E-state index in [1.165, 1.54) is 37.1 Å². The largest absolute Gasteiger partial charge is 0.249 e. The highest BCUT2D eigenvalue weighted by Crippen LogP contribution is 2.54. The highest BCUT2D eigenvalue weighted by molar-refractivity contribution is 5.15. The van der Waals surface area contributed by atoms with Crippen molar-refractivity contribution in [2.24, 2.45) is 17.8 Å². The van der Waals surface area contributed by atoms with Gasteiger partial charge < -0.3 is 0 Å². The van der Waals surface area contributed by atoms with Gasteiger partial charge in [0.2, 0.25) is 0 Å². The molecule has 0 amide bonds. The van der Waals surface area contributed by atoms with E-state index in [9.17, 15) is 0 Å². The summed E-state index contributed by atoms with van der Waals surface area (Å²) < 4.78 is 2.15. The van der Waals surface area contributed by atoms with Crippen LogP contribution in [0.3, 0.4) is 0 Å². The summed E-state index contributed by atoms with van der Waals surface area (Å²) in [5, 5.41) is 8.71. The molecule has 0 saturated heterocycles. The molecule has 1 fully saturated rings. The van der Waals surface area contributed by atoms with Gasteiger partial charge in [-0.3, -0.25) is 0 Å². The van der Waals surface area contributed by atoms with Crippen molar-refractivity contribution in [1.82, 2.24) is 15.0 Å². The van der Waals surface area contributed by atoms with E-state index in [0.29, 0.717) is 0 Å². The van der Waals surface area contributed by atoms with Gasteiger partial charge in [-0.05, 0) is 49.9 Å². The van der Waals surface area contributed by atoms with Crippen LogP contribution in [0, 0.1) is 17.8 Å². The SMILES string of the molecule is CCCn1nnc2c1CC[C@H]1[C@@H](CC)[C@H]1CC2. The monoisotopic (exact) mass is 233 g/mol. The van der Waals surface area contributed by atoms with Gasteiger partial charge in [-0.25, -0.2) is 4.68 Å². The van der Waals surface area contributed by atoms with E-state index >= 15 is 0 Å². The predicted octanol–water partition coefficient (Wildman–Crippen LogP) is 2.84. The lowest BCUT2D eigenvalue weighted by Gasteiger charge is -2.09. The number of aromatic nitrogens is 3. The fourth-order valence-corrected chi connectivity index (χ4v) is 3.82. The van der Waals surface area contributed by atoms with Gasteiger partial charge in [-0.1, -0.05) is 25.5 Å². The van der Waals surface area contributed by atoms with Crippen molar-refractivity contribution in [3.05, 3.63) is 11.4 Å². The molecule has 2 aliphatic carbocycles. The van der Waals surface area contributed by atoms with E-state index in [4.69, 9.17) is 0 Å². The quantitative estimate of drug-likeness (QED) is 0.803. The maximum Gasteiger partial charge on any atom is 0.0859 e. The number of fused-ring (bicyclic) bond motifs is 2. The van der Waals surface area contributed by atoms with Crippen LogP contribution in [0.2, 0.25) is 0 Å². The summed E-state index contributed by atoms with van der Waals surface area (Å²) in [5.41, 5.74) is 2.73. The molecule has 0 aromatic carbocycles. The molecule has 3 atom stereocenters. The summed E-state index contributed by atoms with van der Waals surface area (Å²) in [5.74, 6) is 3.04. The molecule has 3 heteroatoms. The standard InChI is InChI=1S/C14H23N3/c1-3-9-17-14-8-6-12-10(4-2)11(12)5-7-13(14)15-16-17/h10-12H,3-9H2,1-2H3/t10-,11+,12-/m0/s1. The predicted molar refractivity (Wildman–Crippen MR) is 67.7 cm³/mol. The van der Waals surface area contributed by atoms with E-state index in [2.05, 4.69) is 28.8 Å². The Morgan fingerprint density at radius 2 is 1.94 bits per heavy atom. The molecular formula is C14H23N3. The van der Waals surface area contributed by atoms with Crippen molar-refractivity contribution in [3.8, 4) is 0 Å². The van der Waals surface area contributed by atoms with Gasteiger partial charge in [0.1, 0.15) is 0 Å². The Morgan fingerprint density at radius 3 is 2.65 bits per heavy atom. The van der Waals surface area contributed by atoms with Crippen LogP contribution >= 0.6 is 0 Å². The van der Waals surface area contributed by atoms with Crippen molar-refractivity contribution in [2.45, 2.75) is 58.9 Å². The summed E-state index contributed by atoms with van der Waals surface area (Å²) in [4.78, 5) is 0. The Bertz CT molecular complexity index is 396. The molecule has 0 aliphatic heterocycles. The molecule has 17 heavy (non-hydrogen) atoms. The third-order valence-corrected chi connectivity index (χ3v) is 4.76. The summed E-state index contributed by atoms with van der Waals surface area (Å²) in [7, 11) is 0. The van der Waals surface area contributed by atoms with Crippen LogP contribution in [-0.4, -0.2) is 15.0 Å². The molecule has 0 radical (unpaired) electrons. The summed E-state index contributed by atoms with van der Waals surface area (Å²) in [6, 6.07) is 0. The molecule has 1 heterocycles. The number of nitrogens with zero attached hydrogens (tertiary/aromatic N) is 3. The summed E-state index contributed by atoms with van der Waals surface area (Å²) in [6.45, 7) is 5.59. The highest BCUT2D eigenvalue weighted by atomic mass is 15.4. The van der Waals surface area contributed by atoms with Gasteiger partial charge in [0, 0.05) is 6.54 Å². The first-order valence-corrected chi connectivity index (χ1v) is 7.26. The van der Waals surface area contributed by atoms with Crippen LogP contribution in [0.4, 0.5) is 0 Å². The van der Waals surface area contributed by atoms with Crippen molar-refractivity contribution in [2.75, 3.05) is 0 Å². The average Bonchev–Trinajstić information content (AvgIpc) is 2.85. The molecule has 3 rings (SSSR count). The molecule has 0 N–H and O–H groups in total. The van der Waals surface area contributed by atoms with Gasteiger partial charge in [0.05, 0.1) is 11.4 Å². The third-order valence-electron chi connectivity index (χ3n) is 4.76. The summed E-state index contributed by atoms with van der Waals surface area (Å²) >= 11 is 0. The van der Waals surface area contributed by atoms with Crippen LogP contribution in [0.25, 0.3) is 0 Å². The van der Waals surface area contributed by atoms with Gasteiger partial charge in [0.25, 0.3) is 0 Å². The van der Waals surface area contributed by atoms with Crippen LogP contribution in [0.15, 0.2) is 0 Å². The Balaban J connectivity index is 1.76. The smallest absolute Gasteiger partial charge is 0.0859 e. The zero-order valence-electron chi connectivity index (χ0n) is 11.0. The van der Waals surface area contributed by atoms with E-state index in [1.807, 2.05) is 0 Å². The second-order valence-electron chi connectivity index (χ2n) is 5.68. The summed E-state index contributed by atoms with van der Waals surface area (Å²) in [6.07, 6.45) is 7.62. The van der Waals surface area contributed by atoms with E-state index in [0.717, 1.165) is 37.1 Å². The number of hydrogen-bond donors (Lipinski definition) is 0. The minimum atomic E-state index is 1.00. The van der Waals surface area contributed by atoms with Gasteiger partial charge in [-0.2, -0.15) is 0 Å². The lowest BCUT2D eigenvalue weighted by atomic mass is 10.0. The number of hydrogen-bond acceptors (Lipinski definition) is 2. The molecule has 2 aliphatic rings. The maximum absolute atomic E-state index is 4.39. The third kappa shape index (κ3) is 1.90. The molecule has 0 unspecified atom stereocenters. The Labute approximate surface area is 104 Å². The first kappa shape index (κ1) is 11.2. The van der Waals surface area contributed by atoms with Crippen molar-refractivity contribution in [3.63, 3.8) is 0 Å². The average molecular weight is 233 g/mol. The number of rotatable bonds is 3. The first-order valence-electron chi connectivity index (χ1n) is 7.26. The van der Waals surface area contributed by atoms with Crippen molar-refractivity contribution in [1.29, 1.82) is 0 Å². The van der Waals surface area contributed by atoms with E-state index < -0.39 is 0 Å². The molecular weight excluding hydrogens is 210 g/mol. The molecule has 1 aromatic heterocycles. The lowest BCUT2D eigenvalue weighted by molar-refractivity contribution is 0.527. The van der Waals surface area contributed by atoms with Gasteiger partial charge in [0.15, 0.2) is 0 Å². The first-order chi connectivity index (χ1) is 8.35. The number of aryl methyl sites for hydroxylation is 2. The zero-order chi connectivity index (χ0) is 11.8. The van der Waals surface area contributed by atoms with Crippen LogP contribution < -0.4 is 0 Å². The Hall–Kier alpha value is -0.860. The lowest BCUT2D eigenvalue weighted by Crippen LogP contribution is -2.08. The second-order valence-corrected chi connectivity index (χ2v) is 5.68. The molecule has 1 aromatic rings. The second kappa shape index (κ2) is 4.43. The zero-order valence-corrected chi connectivity index (χ0v) is 11.0. The van der Waals surface area contributed by atoms with Crippen molar-refractivity contribution < 1.29 is 0 Å². The van der Waals surface area contributed by atoms with Crippen molar-refractivity contribution >= 4 is 0 Å². The molecule has 0 bridgehead atoms. The topological polar surface area (TPSA) is 30.7 Å². The molecule has 1 saturated carbocycles. The fraction of sp³-hybridized carbons (Fsp3) is 0.857.